The second-order valence-corrected chi connectivity index (χ2v) is 5.19. The predicted molar refractivity (Wildman–Crippen MR) is 83.2 cm³/mol. The molecule has 0 spiro atoms. The molecule has 0 amide bonds. The van der Waals surface area contributed by atoms with Gasteiger partial charge in [0, 0.05) is 29.6 Å². The van der Waals surface area contributed by atoms with E-state index >= 15 is 0 Å². The Balaban J connectivity index is 2.15. The Hall–Kier alpha value is -1.81. The van der Waals surface area contributed by atoms with E-state index in [-0.39, 0.29) is 11.9 Å². The summed E-state index contributed by atoms with van der Waals surface area (Å²) in [6.07, 6.45) is 3.08. The van der Waals surface area contributed by atoms with Crippen LogP contribution in [0.3, 0.4) is 0 Å². The van der Waals surface area contributed by atoms with E-state index in [2.05, 4.69) is 29.8 Å². The molecule has 114 valence electrons. The lowest BCUT2D eigenvalue weighted by atomic mass is 10.2. The highest BCUT2D eigenvalue weighted by atomic mass is 19.1. The molecular formula is C17H23FN2O. The van der Waals surface area contributed by atoms with Crippen LogP contribution in [-0.2, 0) is 6.54 Å². The normalized spacial score (nSPS) is 12.4. The summed E-state index contributed by atoms with van der Waals surface area (Å²) in [5.41, 5.74) is 1.83. The summed E-state index contributed by atoms with van der Waals surface area (Å²) in [5, 5.41) is 3.46. The first-order chi connectivity index (χ1) is 10.2. The van der Waals surface area contributed by atoms with Crippen LogP contribution in [0.2, 0.25) is 0 Å². The number of nitrogens with zero attached hydrogens (tertiary/aromatic N) is 1. The average Bonchev–Trinajstić information content (AvgIpc) is 2.95. The third-order valence-electron chi connectivity index (χ3n) is 3.61. The van der Waals surface area contributed by atoms with E-state index in [4.69, 9.17) is 4.74 Å². The summed E-state index contributed by atoms with van der Waals surface area (Å²) >= 11 is 0. The van der Waals surface area contributed by atoms with Gasteiger partial charge in [-0.1, -0.05) is 13.0 Å². The van der Waals surface area contributed by atoms with Crippen molar-refractivity contribution in [2.45, 2.75) is 32.9 Å². The topological polar surface area (TPSA) is 26.2 Å². The van der Waals surface area contributed by atoms with Gasteiger partial charge in [-0.15, -0.1) is 0 Å². The van der Waals surface area contributed by atoms with Crippen molar-refractivity contribution in [2.75, 3.05) is 13.7 Å². The van der Waals surface area contributed by atoms with Gasteiger partial charge in [-0.25, -0.2) is 4.39 Å². The Labute approximate surface area is 125 Å². The SMILES string of the molecule is CCCNC(C)c1cccn1Cc1ccc(OC)cc1F. The molecule has 3 nitrogen and oxygen atoms in total. The summed E-state index contributed by atoms with van der Waals surface area (Å²) in [6.45, 7) is 5.77. The molecule has 2 aromatic rings. The van der Waals surface area contributed by atoms with Gasteiger partial charge in [-0.2, -0.15) is 0 Å². The summed E-state index contributed by atoms with van der Waals surface area (Å²) in [5.74, 6) is 0.310. The Kier molecular flexibility index (Phi) is 5.39. The number of ether oxygens (including phenoxy) is 1. The second-order valence-electron chi connectivity index (χ2n) is 5.19. The van der Waals surface area contributed by atoms with Gasteiger partial charge < -0.3 is 14.6 Å². The predicted octanol–water partition coefficient (Wildman–Crippen LogP) is 3.74. The minimum Gasteiger partial charge on any atom is -0.497 e. The molecule has 0 fully saturated rings. The summed E-state index contributed by atoms with van der Waals surface area (Å²) < 4.78 is 21.2. The van der Waals surface area contributed by atoms with Gasteiger partial charge in [-0.05, 0) is 38.1 Å². The van der Waals surface area contributed by atoms with Crippen molar-refractivity contribution in [1.82, 2.24) is 9.88 Å². The van der Waals surface area contributed by atoms with E-state index < -0.39 is 0 Å². The van der Waals surface area contributed by atoms with Gasteiger partial charge >= 0.3 is 0 Å². The van der Waals surface area contributed by atoms with Crippen LogP contribution in [0.1, 0.15) is 37.6 Å². The highest BCUT2D eigenvalue weighted by Crippen LogP contribution is 2.20. The molecule has 1 N–H and O–H groups in total. The first kappa shape index (κ1) is 15.6. The van der Waals surface area contributed by atoms with Gasteiger partial charge in [0.2, 0.25) is 0 Å². The van der Waals surface area contributed by atoms with E-state index in [1.807, 2.05) is 12.3 Å². The number of rotatable bonds is 7. The maximum Gasteiger partial charge on any atom is 0.131 e. The molecule has 1 aromatic carbocycles. The lowest BCUT2D eigenvalue weighted by Crippen LogP contribution is -2.22. The summed E-state index contributed by atoms with van der Waals surface area (Å²) in [6, 6.07) is 9.33. The Morgan fingerprint density at radius 3 is 2.81 bits per heavy atom. The molecule has 0 radical (unpaired) electrons. The fourth-order valence-electron chi connectivity index (χ4n) is 2.40. The number of hydrogen-bond donors (Lipinski definition) is 1. The van der Waals surface area contributed by atoms with Crippen LogP contribution in [0.4, 0.5) is 4.39 Å². The first-order valence-corrected chi connectivity index (χ1v) is 7.36. The van der Waals surface area contributed by atoms with Crippen LogP contribution in [-0.4, -0.2) is 18.2 Å². The molecule has 0 bridgehead atoms. The molecule has 2 rings (SSSR count). The largest absolute Gasteiger partial charge is 0.497 e. The second kappa shape index (κ2) is 7.27. The van der Waals surface area contributed by atoms with Crippen LogP contribution in [0.25, 0.3) is 0 Å². The van der Waals surface area contributed by atoms with E-state index in [1.165, 1.54) is 11.8 Å². The Morgan fingerprint density at radius 2 is 2.14 bits per heavy atom. The summed E-state index contributed by atoms with van der Waals surface area (Å²) in [7, 11) is 1.54. The molecule has 0 saturated carbocycles. The van der Waals surface area contributed by atoms with Crippen LogP contribution in [0, 0.1) is 5.82 Å². The number of hydrogen-bond acceptors (Lipinski definition) is 2. The first-order valence-electron chi connectivity index (χ1n) is 7.36. The average molecular weight is 290 g/mol. The fourth-order valence-corrected chi connectivity index (χ4v) is 2.40. The monoisotopic (exact) mass is 290 g/mol. The number of nitrogens with one attached hydrogen (secondary N) is 1. The molecular weight excluding hydrogens is 267 g/mol. The number of benzene rings is 1. The van der Waals surface area contributed by atoms with Gasteiger partial charge in [0.25, 0.3) is 0 Å². The van der Waals surface area contributed by atoms with Crippen LogP contribution < -0.4 is 10.1 Å². The van der Waals surface area contributed by atoms with Crippen molar-refractivity contribution in [1.29, 1.82) is 0 Å². The van der Waals surface area contributed by atoms with Crippen LogP contribution in [0.15, 0.2) is 36.5 Å². The zero-order chi connectivity index (χ0) is 15.2. The third-order valence-corrected chi connectivity index (χ3v) is 3.61. The minimum absolute atomic E-state index is 0.233. The van der Waals surface area contributed by atoms with Crippen molar-refractivity contribution in [2.24, 2.45) is 0 Å². The zero-order valence-corrected chi connectivity index (χ0v) is 12.9. The van der Waals surface area contributed by atoms with E-state index in [0.29, 0.717) is 17.9 Å². The fraction of sp³-hybridized carbons (Fsp3) is 0.412. The van der Waals surface area contributed by atoms with Crippen LogP contribution in [0.5, 0.6) is 5.75 Å². The number of aromatic nitrogens is 1. The lowest BCUT2D eigenvalue weighted by molar-refractivity contribution is 0.410. The molecule has 1 unspecified atom stereocenters. The van der Waals surface area contributed by atoms with Crippen LogP contribution >= 0.6 is 0 Å². The molecule has 1 atom stereocenters. The number of halogens is 1. The van der Waals surface area contributed by atoms with Crippen molar-refractivity contribution >= 4 is 0 Å². The molecule has 0 saturated heterocycles. The molecule has 1 aromatic heterocycles. The number of methoxy groups -OCH3 is 1. The van der Waals surface area contributed by atoms with Crippen molar-refractivity contribution in [3.63, 3.8) is 0 Å². The standard InChI is InChI=1S/C17H23FN2O/c1-4-9-19-13(2)17-6-5-10-20(17)12-14-7-8-15(21-3)11-16(14)18/h5-8,10-11,13,19H,4,9,12H2,1-3H3. The highest BCUT2D eigenvalue weighted by Gasteiger charge is 2.11. The summed E-state index contributed by atoms with van der Waals surface area (Å²) in [4.78, 5) is 0. The molecule has 0 aliphatic heterocycles. The molecule has 1 heterocycles. The smallest absolute Gasteiger partial charge is 0.131 e. The maximum absolute atomic E-state index is 14.1. The quantitative estimate of drug-likeness (QED) is 0.840. The lowest BCUT2D eigenvalue weighted by Gasteiger charge is -2.17. The van der Waals surface area contributed by atoms with Gasteiger partial charge in [0.05, 0.1) is 13.7 Å². The molecule has 4 heteroatoms. The Morgan fingerprint density at radius 1 is 1.33 bits per heavy atom. The van der Waals surface area contributed by atoms with Gasteiger partial charge in [0.15, 0.2) is 0 Å². The molecule has 0 aliphatic rings. The molecule has 0 aliphatic carbocycles. The minimum atomic E-state index is -0.233. The van der Waals surface area contributed by atoms with Crippen molar-refractivity contribution < 1.29 is 9.13 Å². The zero-order valence-electron chi connectivity index (χ0n) is 12.9. The van der Waals surface area contributed by atoms with Crippen molar-refractivity contribution in [3.05, 3.63) is 53.6 Å². The van der Waals surface area contributed by atoms with Crippen molar-refractivity contribution in [3.8, 4) is 5.75 Å². The Bertz CT molecular complexity index is 580. The maximum atomic E-state index is 14.1. The van der Waals surface area contributed by atoms with Gasteiger partial charge in [0.1, 0.15) is 11.6 Å². The molecule has 21 heavy (non-hydrogen) atoms. The third kappa shape index (κ3) is 3.85. The van der Waals surface area contributed by atoms with E-state index in [0.717, 1.165) is 13.0 Å². The van der Waals surface area contributed by atoms with E-state index in [1.54, 1.807) is 19.2 Å². The van der Waals surface area contributed by atoms with E-state index in [9.17, 15) is 4.39 Å². The highest BCUT2D eigenvalue weighted by molar-refractivity contribution is 5.29. The van der Waals surface area contributed by atoms with Gasteiger partial charge in [-0.3, -0.25) is 0 Å².